The highest BCUT2D eigenvalue weighted by molar-refractivity contribution is 5.71. The van der Waals surface area contributed by atoms with E-state index in [2.05, 4.69) is 10.1 Å². The van der Waals surface area contributed by atoms with Crippen LogP contribution in [-0.4, -0.2) is 40.7 Å². The van der Waals surface area contributed by atoms with E-state index in [1.165, 1.54) is 0 Å². The first kappa shape index (κ1) is 15.6. The van der Waals surface area contributed by atoms with Crippen molar-refractivity contribution in [2.45, 2.75) is 46.6 Å². The van der Waals surface area contributed by atoms with E-state index in [1.807, 2.05) is 32.6 Å². The molecule has 108 valence electrons. The number of ether oxygens (including phenoxy) is 1. The molecule has 0 saturated carbocycles. The summed E-state index contributed by atoms with van der Waals surface area (Å²) in [6.45, 7) is 11.6. The van der Waals surface area contributed by atoms with Crippen LogP contribution in [0.4, 0.5) is 0 Å². The van der Waals surface area contributed by atoms with Gasteiger partial charge in [0, 0.05) is 5.41 Å². The number of rotatable bonds is 6. The van der Waals surface area contributed by atoms with E-state index in [9.17, 15) is 4.79 Å². The minimum atomic E-state index is -0.236. The Morgan fingerprint density at radius 3 is 2.53 bits per heavy atom. The van der Waals surface area contributed by atoms with E-state index in [0.29, 0.717) is 31.4 Å². The van der Waals surface area contributed by atoms with Gasteiger partial charge in [0.1, 0.15) is 0 Å². The zero-order valence-electron chi connectivity index (χ0n) is 12.4. The van der Waals surface area contributed by atoms with Gasteiger partial charge in [-0.15, -0.1) is 0 Å². The van der Waals surface area contributed by atoms with Crippen LogP contribution >= 0.6 is 0 Å². The molecule has 0 radical (unpaired) electrons. The van der Waals surface area contributed by atoms with Crippen molar-refractivity contribution < 1.29 is 14.1 Å². The monoisotopic (exact) mass is 269 g/mol. The Balaban J connectivity index is 2.61. The van der Waals surface area contributed by atoms with Gasteiger partial charge in [-0.3, -0.25) is 9.69 Å². The van der Waals surface area contributed by atoms with Gasteiger partial charge < -0.3 is 9.26 Å². The first-order valence-electron chi connectivity index (χ1n) is 6.57. The van der Waals surface area contributed by atoms with Crippen LogP contribution in [0.3, 0.4) is 0 Å². The van der Waals surface area contributed by atoms with Gasteiger partial charge in [0.2, 0.25) is 5.89 Å². The lowest BCUT2D eigenvalue weighted by Gasteiger charge is -2.16. The molecule has 0 fully saturated rings. The maximum absolute atomic E-state index is 11.4. The molecule has 0 aliphatic heterocycles. The van der Waals surface area contributed by atoms with E-state index in [1.54, 1.807) is 6.92 Å². The number of aromatic nitrogens is 2. The van der Waals surface area contributed by atoms with Crippen molar-refractivity contribution in [3.05, 3.63) is 11.7 Å². The lowest BCUT2D eigenvalue weighted by molar-refractivity contribution is -0.144. The Hall–Kier alpha value is -1.43. The lowest BCUT2D eigenvalue weighted by atomic mass is 9.96. The average molecular weight is 269 g/mol. The Kier molecular flexibility index (Phi) is 5.47. The van der Waals surface area contributed by atoms with Crippen LogP contribution in [0.1, 0.15) is 46.3 Å². The molecule has 19 heavy (non-hydrogen) atoms. The highest BCUT2D eigenvalue weighted by Gasteiger charge is 2.22. The van der Waals surface area contributed by atoms with Crippen molar-refractivity contribution in [1.29, 1.82) is 0 Å². The lowest BCUT2D eigenvalue weighted by Crippen LogP contribution is -2.30. The maximum Gasteiger partial charge on any atom is 0.320 e. The number of esters is 1. The van der Waals surface area contributed by atoms with Crippen LogP contribution in [0.15, 0.2) is 4.52 Å². The van der Waals surface area contributed by atoms with E-state index >= 15 is 0 Å². The first-order chi connectivity index (χ1) is 8.86. The number of hydrogen-bond donors (Lipinski definition) is 0. The smallest absolute Gasteiger partial charge is 0.320 e. The molecule has 0 amide bonds. The third kappa shape index (κ3) is 4.98. The zero-order chi connectivity index (χ0) is 14.5. The fourth-order valence-corrected chi connectivity index (χ4v) is 1.48. The Bertz CT molecular complexity index is 410. The van der Waals surface area contributed by atoms with Crippen molar-refractivity contribution in [3.63, 3.8) is 0 Å². The van der Waals surface area contributed by atoms with Crippen LogP contribution < -0.4 is 0 Å². The largest absolute Gasteiger partial charge is 0.465 e. The van der Waals surface area contributed by atoms with Gasteiger partial charge >= 0.3 is 5.97 Å². The van der Waals surface area contributed by atoms with Crippen molar-refractivity contribution in [1.82, 2.24) is 15.0 Å². The van der Waals surface area contributed by atoms with Gasteiger partial charge in [-0.25, -0.2) is 0 Å². The average Bonchev–Trinajstić information content (AvgIpc) is 2.76. The van der Waals surface area contributed by atoms with E-state index in [0.717, 1.165) is 0 Å². The molecule has 1 aromatic rings. The molecule has 0 aliphatic rings. The number of hydrogen-bond acceptors (Lipinski definition) is 6. The van der Waals surface area contributed by atoms with Gasteiger partial charge in [-0.1, -0.05) is 32.9 Å². The molecule has 0 spiro atoms. The summed E-state index contributed by atoms with van der Waals surface area (Å²) in [5, 5.41) is 3.96. The topological polar surface area (TPSA) is 68.5 Å². The van der Waals surface area contributed by atoms with Crippen LogP contribution in [0, 0.1) is 0 Å². The summed E-state index contributed by atoms with van der Waals surface area (Å²) >= 11 is 0. The van der Waals surface area contributed by atoms with Crippen molar-refractivity contribution in [2.75, 3.05) is 19.7 Å². The number of carbonyl (C=O) groups excluding carboxylic acids is 1. The molecule has 0 saturated heterocycles. The van der Waals surface area contributed by atoms with Crippen molar-refractivity contribution >= 4 is 5.97 Å². The predicted molar refractivity (Wildman–Crippen MR) is 70.6 cm³/mol. The Morgan fingerprint density at radius 2 is 2.05 bits per heavy atom. The quantitative estimate of drug-likeness (QED) is 0.733. The second-order valence-electron chi connectivity index (χ2n) is 5.37. The number of carbonyl (C=O) groups is 1. The van der Waals surface area contributed by atoms with Gasteiger partial charge in [-0.2, -0.15) is 4.98 Å². The summed E-state index contributed by atoms with van der Waals surface area (Å²) in [5.41, 5.74) is -0.139. The zero-order valence-corrected chi connectivity index (χ0v) is 12.4. The molecule has 0 aromatic carbocycles. The molecule has 1 aromatic heterocycles. The molecular formula is C13H23N3O3. The molecule has 1 heterocycles. The molecule has 6 nitrogen and oxygen atoms in total. The molecule has 1 rings (SSSR count). The van der Waals surface area contributed by atoms with Gasteiger partial charge in [0.25, 0.3) is 0 Å². The highest BCUT2D eigenvalue weighted by atomic mass is 16.5. The molecule has 0 atom stereocenters. The van der Waals surface area contributed by atoms with Crippen molar-refractivity contribution in [2.24, 2.45) is 0 Å². The van der Waals surface area contributed by atoms with Gasteiger partial charge in [0.15, 0.2) is 5.82 Å². The summed E-state index contributed by atoms with van der Waals surface area (Å²) in [6, 6.07) is 0. The summed E-state index contributed by atoms with van der Waals surface area (Å²) in [7, 11) is 0. The summed E-state index contributed by atoms with van der Waals surface area (Å²) in [5.74, 6) is 0.964. The van der Waals surface area contributed by atoms with Crippen molar-refractivity contribution in [3.8, 4) is 0 Å². The standard InChI is InChI=1S/C13H23N3O3/c1-6-16(9-11(17)18-7-2)8-10-14-12(15-19-10)13(3,4)5/h6-9H2,1-5H3. The van der Waals surface area contributed by atoms with Gasteiger partial charge in [0.05, 0.1) is 19.7 Å². The highest BCUT2D eigenvalue weighted by Crippen LogP contribution is 2.18. The summed E-state index contributed by atoms with van der Waals surface area (Å²) in [4.78, 5) is 17.7. The van der Waals surface area contributed by atoms with Crippen LogP contribution in [0.2, 0.25) is 0 Å². The number of nitrogens with zero attached hydrogens (tertiary/aromatic N) is 3. The fourth-order valence-electron chi connectivity index (χ4n) is 1.48. The Morgan fingerprint density at radius 1 is 1.37 bits per heavy atom. The van der Waals surface area contributed by atoms with Crippen LogP contribution in [-0.2, 0) is 21.5 Å². The predicted octanol–water partition coefficient (Wildman–Crippen LogP) is 1.75. The molecule has 0 N–H and O–H groups in total. The second kappa shape index (κ2) is 6.65. The molecule has 0 bridgehead atoms. The summed E-state index contributed by atoms with van der Waals surface area (Å²) in [6.07, 6.45) is 0. The van der Waals surface area contributed by atoms with E-state index in [4.69, 9.17) is 9.26 Å². The maximum atomic E-state index is 11.4. The number of likely N-dealkylation sites (N-methyl/N-ethyl adjacent to an activating group) is 1. The minimum absolute atomic E-state index is 0.139. The Labute approximate surface area is 114 Å². The normalized spacial score (nSPS) is 11.9. The van der Waals surface area contributed by atoms with E-state index < -0.39 is 0 Å². The molecular weight excluding hydrogens is 246 g/mol. The second-order valence-corrected chi connectivity index (χ2v) is 5.37. The third-order valence-electron chi connectivity index (χ3n) is 2.60. The fraction of sp³-hybridized carbons (Fsp3) is 0.769. The SMILES string of the molecule is CCOC(=O)CN(CC)Cc1nc(C(C)(C)C)no1. The minimum Gasteiger partial charge on any atom is -0.465 e. The first-order valence-corrected chi connectivity index (χ1v) is 6.57. The van der Waals surface area contributed by atoms with Crippen LogP contribution in [0.5, 0.6) is 0 Å². The summed E-state index contributed by atoms with van der Waals surface area (Å²) < 4.78 is 10.1. The van der Waals surface area contributed by atoms with Crippen LogP contribution in [0.25, 0.3) is 0 Å². The molecule has 0 unspecified atom stereocenters. The van der Waals surface area contributed by atoms with E-state index in [-0.39, 0.29) is 17.9 Å². The van der Waals surface area contributed by atoms with Gasteiger partial charge in [-0.05, 0) is 13.5 Å². The molecule has 0 aliphatic carbocycles. The third-order valence-corrected chi connectivity index (χ3v) is 2.60. The molecule has 6 heteroatoms.